The van der Waals surface area contributed by atoms with Gasteiger partial charge in [0, 0.05) is 11.3 Å². The monoisotopic (exact) mass is 339 g/mol. The molecule has 0 amide bonds. The van der Waals surface area contributed by atoms with Crippen LogP contribution in [0.25, 0.3) is 22.9 Å². The zero-order chi connectivity index (χ0) is 19.1. The zero-order valence-corrected chi connectivity index (χ0v) is 15.6. The van der Waals surface area contributed by atoms with Crippen molar-refractivity contribution in [1.29, 1.82) is 0 Å². The highest BCUT2D eigenvalue weighted by atomic mass is 14.8. The SMILES string of the molecule is C=C/C(=C\C=C/C)C(=C)N=C(C)c1cc(C=C)c(C=C)c2ccccc12. The van der Waals surface area contributed by atoms with Crippen molar-refractivity contribution in [3.8, 4) is 0 Å². The highest BCUT2D eigenvalue weighted by Gasteiger charge is 2.11. The molecule has 2 rings (SSSR count). The van der Waals surface area contributed by atoms with Gasteiger partial charge in [-0.05, 0) is 47.4 Å². The first kappa shape index (κ1) is 19.1. The van der Waals surface area contributed by atoms with Crippen molar-refractivity contribution in [2.24, 2.45) is 4.99 Å². The van der Waals surface area contributed by atoms with Crippen LogP contribution in [0.4, 0.5) is 0 Å². The topological polar surface area (TPSA) is 12.4 Å². The summed E-state index contributed by atoms with van der Waals surface area (Å²) in [6.45, 7) is 19.8. The van der Waals surface area contributed by atoms with Crippen molar-refractivity contribution in [1.82, 2.24) is 0 Å². The minimum Gasteiger partial charge on any atom is -0.253 e. The number of fused-ring (bicyclic) bond motifs is 1. The van der Waals surface area contributed by atoms with Gasteiger partial charge in [-0.1, -0.05) is 87.0 Å². The van der Waals surface area contributed by atoms with Gasteiger partial charge in [0.2, 0.25) is 0 Å². The number of benzene rings is 2. The highest BCUT2D eigenvalue weighted by molar-refractivity contribution is 6.12. The maximum absolute atomic E-state index is 4.74. The molecule has 0 bridgehead atoms. The normalized spacial score (nSPS) is 12.4. The number of nitrogens with zero attached hydrogens (tertiary/aromatic N) is 1. The van der Waals surface area contributed by atoms with E-state index in [0.717, 1.165) is 38.7 Å². The fourth-order valence-electron chi connectivity index (χ4n) is 2.92. The number of rotatable bonds is 7. The fraction of sp³-hybridized carbons (Fsp3) is 0.0800. The van der Waals surface area contributed by atoms with Crippen LogP contribution in [-0.4, -0.2) is 5.71 Å². The predicted molar refractivity (Wildman–Crippen MR) is 119 cm³/mol. The van der Waals surface area contributed by atoms with E-state index < -0.39 is 0 Å². The Labute approximate surface area is 156 Å². The van der Waals surface area contributed by atoms with Crippen LogP contribution in [0.5, 0.6) is 0 Å². The van der Waals surface area contributed by atoms with Crippen LogP contribution in [0.1, 0.15) is 30.5 Å². The summed E-state index contributed by atoms with van der Waals surface area (Å²) in [5.74, 6) is 0. The van der Waals surface area contributed by atoms with Gasteiger partial charge >= 0.3 is 0 Å². The van der Waals surface area contributed by atoms with Gasteiger partial charge in [-0.25, -0.2) is 0 Å². The van der Waals surface area contributed by atoms with E-state index in [2.05, 4.69) is 44.5 Å². The molecule has 0 radical (unpaired) electrons. The Hall–Kier alpha value is -3.19. The Morgan fingerprint density at radius 3 is 2.31 bits per heavy atom. The smallest absolute Gasteiger partial charge is 0.0633 e. The number of hydrogen-bond donors (Lipinski definition) is 0. The summed E-state index contributed by atoms with van der Waals surface area (Å²) in [5, 5.41) is 2.28. The molecule has 0 aliphatic heterocycles. The van der Waals surface area contributed by atoms with Crippen LogP contribution < -0.4 is 0 Å². The molecule has 0 atom stereocenters. The molecule has 0 saturated carbocycles. The molecule has 1 nitrogen and oxygen atoms in total. The van der Waals surface area contributed by atoms with Gasteiger partial charge in [-0.15, -0.1) is 0 Å². The Morgan fingerprint density at radius 1 is 1.04 bits per heavy atom. The third kappa shape index (κ3) is 3.89. The van der Waals surface area contributed by atoms with Crippen molar-refractivity contribution in [3.05, 3.63) is 109 Å². The lowest BCUT2D eigenvalue weighted by molar-refractivity contribution is 1.35. The summed E-state index contributed by atoms with van der Waals surface area (Å²) in [5.41, 5.74) is 5.69. The predicted octanol–water partition coefficient (Wildman–Crippen LogP) is 7.14. The minimum atomic E-state index is 0.688. The third-order valence-corrected chi connectivity index (χ3v) is 4.26. The maximum Gasteiger partial charge on any atom is 0.0633 e. The van der Waals surface area contributed by atoms with Crippen molar-refractivity contribution < 1.29 is 0 Å². The molecule has 2 aromatic rings. The van der Waals surface area contributed by atoms with Crippen LogP contribution in [0.2, 0.25) is 0 Å². The van der Waals surface area contributed by atoms with Crippen molar-refractivity contribution in [2.45, 2.75) is 13.8 Å². The third-order valence-electron chi connectivity index (χ3n) is 4.26. The van der Waals surface area contributed by atoms with Gasteiger partial charge in [0.25, 0.3) is 0 Å². The molecule has 0 aliphatic rings. The maximum atomic E-state index is 4.74. The van der Waals surface area contributed by atoms with E-state index in [0.29, 0.717) is 5.70 Å². The lowest BCUT2D eigenvalue weighted by atomic mass is 9.92. The summed E-state index contributed by atoms with van der Waals surface area (Å²) >= 11 is 0. The number of allylic oxidation sites excluding steroid dienone is 4. The molecule has 0 unspecified atom stereocenters. The van der Waals surface area contributed by atoms with Gasteiger partial charge in [0.1, 0.15) is 0 Å². The van der Waals surface area contributed by atoms with E-state index in [-0.39, 0.29) is 0 Å². The molecule has 0 fully saturated rings. The second kappa shape index (κ2) is 8.77. The number of aliphatic imine (C=N–C) groups is 1. The summed E-state index contributed by atoms with van der Waals surface area (Å²) in [6.07, 6.45) is 11.4. The standard InChI is InChI=1S/C25H25N/c1-7-11-14-20(8-2)18(5)26-19(6)25-17-21(9-3)22(10-4)23-15-12-13-16-24(23)25/h7-17H,2-5H2,1,6H3/b11-7-,20-14+,26-19?. The fourth-order valence-corrected chi connectivity index (χ4v) is 2.92. The van der Waals surface area contributed by atoms with Crippen LogP contribution >= 0.6 is 0 Å². The van der Waals surface area contributed by atoms with Crippen molar-refractivity contribution >= 4 is 28.6 Å². The molecular formula is C25H25N. The van der Waals surface area contributed by atoms with E-state index in [4.69, 9.17) is 4.99 Å². The molecule has 26 heavy (non-hydrogen) atoms. The first-order valence-electron chi connectivity index (χ1n) is 8.58. The Kier molecular flexibility index (Phi) is 6.46. The summed E-state index contributed by atoms with van der Waals surface area (Å²) in [6, 6.07) is 10.4. The van der Waals surface area contributed by atoms with Gasteiger partial charge < -0.3 is 0 Å². The largest absolute Gasteiger partial charge is 0.253 e. The Balaban J connectivity index is 2.66. The molecule has 0 aliphatic carbocycles. The molecule has 1 heteroatoms. The lowest BCUT2D eigenvalue weighted by Crippen LogP contribution is -2.00. The molecule has 130 valence electrons. The molecule has 0 spiro atoms. The van der Waals surface area contributed by atoms with E-state index in [1.54, 1.807) is 6.08 Å². The lowest BCUT2D eigenvalue weighted by Gasteiger charge is -2.13. The van der Waals surface area contributed by atoms with E-state index >= 15 is 0 Å². The second-order valence-electron chi connectivity index (χ2n) is 5.88. The molecular weight excluding hydrogens is 314 g/mol. The molecule has 2 aromatic carbocycles. The second-order valence-corrected chi connectivity index (χ2v) is 5.88. The molecule has 0 heterocycles. The summed E-state index contributed by atoms with van der Waals surface area (Å²) in [4.78, 5) is 4.74. The Morgan fingerprint density at radius 2 is 1.73 bits per heavy atom. The summed E-state index contributed by atoms with van der Waals surface area (Å²) in [7, 11) is 0. The number of hydrogen-bond acceptors (Lipinski definition) is 1. The zero-order valence-electron chi connectivity index (χ0n) is 15.6. The molecule has 0 saturated heterocycles. The van der Waals surface area contributed by atoms with Crippen molar-refractivity contribution in [3.63, 3.8) is 0 Å². The first-order chi connectivity index (χ1) is 12.6. The Bertz CT molecular complexity index is 965. The van der Waals surface area contributed by atoms with E-state index in [1.807, 2.05) is 56.4 Å². The minimum absolute atomic E-state index is 0.688. The average molecular weight is 339 g/mol. The highest BCUT2D eigenvalue weighted by Crippen LogP contribution is 2.29. The van der Waals surface area contributed by atoms with Crippen LogP contribution in [0.3, 0.4) is 0 Å². The average Bonchev–Trinajstić information content (AvgIpc) is 2.66. The van der Waals surface area contributed by atoms with Crippen LogP contribution in [0, 0.1) is 0 Å². The molecule has 0 N–H and O–H groups in total. The van der Waals surface area contributed by atoms with Crippen molar-refractivity contribution in [2.75, 3.05) is 0 Å². The van der Waals surface area contributed by atoms with Gasteiger partial charge in [-0.3, -0.25) is 4.99 Å². The van der Waals surface area contributed by atoms with Crippen LogP contribution in [-0.2, 0) is 0 Å². The van der Waals surface area contributed by atoms with Gasteiger partial charge in [-0.2, -0.15) is 0 Å². The van der Waals surface area contributed by atoms with Gasteiger partial charge in [0.05, 0.1) is 5.70 Å². The molecule has 0 aromatic heterocycles. The summed E-state index contributed by atoms with van der Waals surface area (Å²) < 4.78 is 0. The first-order valence-corrected chi connectivity index (χ1v) is 8.58. The quantitative estimate of drug-likeness (QED) is 0.375. The van der Waals surface area contributed by atoms with Crippen LogP contribution in [0.15, 0.2) is 97.2 Å². The van der Waals surface area contributed by atoms with E-state index in [1.165, 1.54) is 0 Å². The van der Waals surface area contributed by atoms with Gasteiger partial charge in [0.15, 0.2) is 0 Å². The van der Waals surface area contributed by atoms with E-state index in [9.17, 15) is 0 Å².